The molecule has 0 atom stereocenters. The van der Waals surface area contributed by atoms with Crippen LogP contribution in [0.15, 0.2) is 18.3 Å². The van der Waals surface area contributed by atoms with Gasteiger partial charge in [-0.1, -0.05) is 0 Å². The predicted octanol–water partition coefficient (Wildman–Crippen LogP) is 1.14. The second kappa shape index (κ2) is 18.3. The second-order valence-corrected chi connectivity index (χ2v) is 8.06. The first-order valence-corrected chi connectivity index (χ1v) is 11.4. The molecule has 0 fully saturated rings. The van der Waals surface area contributed by atoms with Crippen LogP contribution in [0.2, 0.25) is 0 Å². The summed E-state index contributed by atoms with van der Waals surface area (Å²) in [4.78, 5) is 42.8. The van der Waals surface area contributed by atoms with E-state index in [0.29, 0.717) is 52.1 Å². The Bertz CT molecular complexity index is 771. The van der Waals surface area contributed by atoms with Crippen LogP contribution in [0.1, 0.15) is 37.6 Å². The number of aliphatic carboxylic acids is 1. The number of nitrogens with zero attached hydrogens (tertiary/aromatic N) is 1. The first-order valence-electron chi connectivity index (χ1n) is 11.4. The Labute approximate surface area is 209 Å². The Morgan fingerprint density at radius 2 is 1.47 bits per heavy atom. The fourth-order valence-electron chi connectivity index (χ4n) is 2.22. The van der Waals surface area contributed by atoms with Gasteiger partial charge in [-0.3, -0.25) is 10.2 Å². The number of carbonyl (C=O) groups is 3. The molecule has 36 heavy (non-hydrogen) atoms. The summed E-state index contributed by atoms with van der Waals surface area (Å²) in [5.74, 6) is -1.20. The maximum atomic E-state index is 12.0. The SMILES string of the molecule is CC(C)(C)OC(=O)NNc1ccc(C(=O)ONCCOCCOCCOCCOCCC(=O)O)cn1. The largest absolute Gasteiger partial charge is 0.481 e. The topological polar surface area (TPSA) is 176 Å². The average Bonchev–Trinajstić information content (AvgIpc) is 2.81. The van der Waals surface area contributed by atoms with Gasteiger partial charge in [-0.2, -0.15) is 5.48 Å². The number of pyridine rings is 1. The normalized spacial score (nSPS) is 11.1. The van der Waals surface area contributed by atoms with Crippen molar-refractivity contribution in [2.24, 2.45) is 0 Å². The molecule has 14 heteroatoms. The molecular formula is C22H36N4O10. The van der Waals surface area contributed by atoms with Crippen LogP contribution in [0.3, 0.4) is 0 Å². The monoisotopic (exact) mass is 516 g/mol. The van der Waals surface area contributed by atoms with Gasteiger partial charge in [-0.15, -0.1) is 0 Å². The number of anilines is 1. The molecule has 0 unspecified atom stereocenters. The molecule has 204 valence electrons. The molecule has 1 heterocycles. The number of rotatable bonds is 19. The lowest BCUT2D eigenvalue weighted by molar-refractivity contribution is -0.138. The number of hydrazine groups is 1. The molecule has 0 spiro atoms. The zero-order valence-corrected chi connectivity index (χ0v) is 20.9. The second-order valence-electron chi connectivity index (χ2n) is 8.06. The summed E-state index contributed by atoms with van der Waals surface area (Å²) >= 11 is 0. The van der Waals surface area contributed by atoms with Crippen molar-refractivity contribution >= 4 is 23.8 Å². The molecule has 0 saturated heterocycles. The van der Waals surface area contributed by atoms with Gasteiger partial charge in [0.15, 0.2) is 0 Å². The van der Waals surface area contributed by atoms with E-state index >= 15 is 0 Å². The molecule has 0 radical (unpaired) electrons. The van der Waals surface area contributed by atoms with Crippen molar-refractivity contribution in [3.63, 3.8) is 0 Å². The predicted molar refractivity (Wildman–Crippen MR) is 126 cm³/mol. The molecule has 1 rings (SSSR count). The van der Waals surface area contributed by atoms with E-state index in [1.54, 1.807) is 20.8 Å². The van der Waals surface area contributed by atoms with E-state index in [-0.39, 0.29) is 25.1 Å². The fourth-order valence-corrected chi connectivity index (χ4v) is 2.22. The van der Waals surface area contributed by atoms with Gasteiger partial charge < -0.3 is 33.6 Å². The Balaban J connectivity index is 1.98. The van der Waals surface area contributed by atoms with Crippen molar-refractivity contribution in [3.8, 4) is 0 Å². The molecule has 1 aromatic rings. The third-order valence-electron chi connectivity index (χ3n) is 3.78. The maximum absolute atomic E-state index is 12.0. The minimum Gasteiger partial charge on any atom is -0.481 e. The third-order valence-corrected chi connectivity index (χ3v) is 3.78. The van der Waals surface area contributed by atoms with Crippen LogP contribution in [0, 0.1) is 0 Å². The van der Waals surface area contributed by atoms with Crippen molar-refractivity contribution < 1.29 is 48.0 Å². The molecular weight excluding hydrogens is 480 g/mol. The van der Waals surface area contributed by atoms with E-state index in [1.807, 2.05) is 0 Å². The molecule has 0 aliphatic carbocycles. The number of carboxylic acids is 1. The van der Waals surface area contributed by atoms with Crippen molar-refractivity contribution in [2.45, 2.75) is 32.8 Å². The van der Waals surface area contributed by atoms with E-state index in [9.17, 15) is 14.4 Å². The number of carboxylic acid groups (broad SMARTS) is 1. The maximum Gasteiger partial charge on any atom is 0.426 e. The van der Waals surface area contributed by atoms with Gasteiger partial charge in [0.2, 0.25) is 0 Å². The fraction of sp³-hybridized carbons (Fsp3) is 0.636. The highest BCUT2D eigenvalue weighted by atomic mass is 16.7. The van der Waals surface area contributed by atoms with Crippen molar-refractivity contribution in [1.29, 1.82) is 0 Å². The van der Waals surface area contributed by atoms with Crippen LogP contribution in [0.4, 0.5) is 10.6 Å². The molecule has 0 aromatic carbocycles. The number of nitrogens with one attached hydrogen (secondary N) is 3. The smallest absolute Gasteiger partial charge is 0.426 e. The van der Waals surface area contributed by atoms with Gasteiger partial charge in [0.25, 0.3) is 0 Å². The highest BCUT2D eigenvalue weighted by molar-refractivity contribution is 5.89. The van der Waals surface area contributed by atoms with E-state index in [4.69, 9.17) is 33.6 Å². The molecule has 0 saturated carbocycles. The van der Waals surface area contributed by atoms with Crippen LogP contribution >= 0.6 is 0 Å². The standard InChI is InChI=1S/C22H36N4O10/c1-22(2,3)35-21(30)26-25-18-5-4-17(16-23-18)20(29)36-24-7-9-32-11-13-34-15-14-33-12-10-31-8-6-19(27)28/h4-5,16,24H,6-15H2,1-3H3,(H,23,25)(H,26,30)(H,27,28). The molecule has 0 aliphatic heterocycles. The molecule has 0 aliphatic rings. The lowest BCUT2D eigenvalue weighted by Gasteiger charge is -2.19. The zero-order chi connectivity index (χ0) is 26.7. The minimum atomic E-state index is -0.895. The van der Waals surface area contributed by atoms with E-state index in [1.165, 1.54) is 18.3 Å². The molecule has 1 aromatic heterocycles. The summed E-state index contributed by atoms with van der Waals surface area (Å²) in [5, 5.41) is 8.46. The highest BCUT2D eigenvalue weighted by Gasteiger charge is 2.16. The number of hydrogen-bond acceptors (Lipinski definition) is 12. The number of hydroxylamine groups is 1. The average molecular weight is 517 g/mol. The zero-order valence-electron chi connectivity index (χ0n) is 20.9. The van der Waals surface area contributed by atoms with Crippen LogP contribution in [-0.2, 0) is 33.3 Å². The third kappa shape index (κ3) is 17.4. The quantitative estimate of drug-likeness (QED) is 0.152. The molecule has 14 nitrogen and oxygen atoms in total. The van der Waals surface area contributed by atoms with Gasteiger partial charge in [0.05, 0.1) is 71.4 Å². The lowest BCUT2D eigenvalue weighted by Crippen LogP contribution is -2.36. The lowest BCUT2D eigenvalue weighted by atomic mass is 10.2. The van der Waals surface area contributed by atoms with Gasteiger partial charge in [0, 0.05) is 6.20 Å². The molecule has 1 amide bonds. The number of ether oxygens (including phenoxy) is 5. The summed E-state index contributed by atoms with van der Waals surface area (Å²) in [5.41, 5.74) is 7.02. The summed E-state index contributed by atoms with van der Waals surface area (Å²) in [6.45, 7) is 8.22. The minimum absolute atomic E-state index is 0.0255. The summed E-state index contributed by atoms with van der Waals surface area (Å²) in [6.07, 6.45) is 0.615. The van der Waals surface area contributed by atoms with E-state index < -0.39 is 23.6 Å². The van der Waals surface area contributed by atoms with E-state index in [2.05, 4.69) is 21.3 Å². The first-order chi connectivity index (χ1) is 17.2. The number of aromatic nitrogens is 1. The van der Waals surface area contributed by atoms with E-state index in [0.717, 1.165) is 0 Å². The van der Waals surface area contributed by atoms with Gasteiger partial charge >= 0.3 is 18.0 Å². The van der Waals surface area contributed by atoms with Crippen LogP contribution < -0.4 is 16.3 Å². The Hall–Kier alpha value is -3.04. The Morgan fingerprint density at radius 1 is 0.889 bits per heavy atom. The summed E-state index contributed by atoms with van der Waals surface area (Å²) in [6, 6.07) is 2.98. The summed E-state index contributed by atoms with van der Waals surface area (Å²) in [7, 11) is 0. The van der Waals surface area contributed by atoms with Crippen LogP contribution in [0.25, 0.3) is 0 Å². The number of hydrogen-bond donors (Lipinski definition) is 4. The highest BCUT2D eigenvalue weighted by Crippen LogP contribution is 2.08. The van der Waals surface area contributed by atoms with Gasteiger partial charge in [-0.05, 0) is 32.9 Å². The van der Waals surface area contributed by atoms with Crippen LogP contribution in [0.5, 0.6) is 0 Å². The Kier molecular flexibility index (Phi) is 15.7. The first kappa shape index (κ1) is 31.0. The van der Waals surface area contributed by atoms with Crippen molar-refractivity contribution in [2.75, 3.05) is 64.8 Å². The number of amides is 1. The van der Waals surface area contributed by atoms with Crippen molar-refractivity contribution in [1.82, 2.24) is 15.9 Å². The molecule has 0 bridgehead atoms. The molecule has 4 N–H and O–H groups in total. The van der Waals surface area contributed by atoms with Crippen molar-refractivity contribution in [3.05, 3.63) is 23.9 Å². The number of carbonyl (C=O) groups excluding carboxylic acids is 2. The van der Waals surface area contributed by atoms with Crippen LogP contribution in [-0.4, -0.2) is 93.1 Å². The van der Waals surface area contributed by atoms with Gasteiger partial charge in [-0.25, -0.2) is 20.0 Å². The van der Waals surface area contributed by atoms with Gasteiger partial charge in [0.1, 0.15) is 11.4 Å². The summed E-state index contributed by atoms with van der Waals surface area (Å²) < 4.78 is 26.1. The Morgan fingerprint density at radius 3 is 2.00 bits per heavy atom.